The van der Waals surface area contributed by atoms with Gasteiger partial charge in [0, 0.05) is 13.1 Å². The molecule has 0 bridgehead atoms. The van der Waals surface area contributed by atoms with Gasteiger partial charge in [0.15, 0.2) is 0 Å². The van der Waals surface area contributed by atoms with Gasteiger partial charge >= 0.3 is 0 Å². The number of rotatable bonds is 2. The van der Waals surface area contributed by atoms with Crippen LogP contribution < -0.4 is 11.5 Å². The van der Waals surface area contributed by atoms with E-state index < -0.39 is 0 Å². The maximum Gasteiger partial charge on any atom is 0.0722 e. The zero-order valence-electron chi connectivity index (χ0n) is 5.62. The summed E-state index contributed by atoms with van der Waals surface area (Å²) in [5, 5.41) is 0. The maximum absolute atomic E-state index is 5.31. The Kier molecular flexibility index (Phi) is 2.30. The Morgan fingerprint density at radius 1 is 1.00 bits per heavy atom. The number of aromatic nitrogens is 2. The predicted molar refractivity (Wildman–Crippen MR) is 37.8 cm³/mol. The molecule has 0 fully saturated rings. The minimum absolute atomic E-state index is 0.428. The smallest absolute Gasteiger partial charge is 0.0722 e. The summed E-state index contributed by atoms with van der Waals surface area (Å²) >= 11 is 0. The molecule has 10 heavy (non-hydrogen) atoms. The van der Waals surface area contributed by atoms with Crippen molar-refractivity contribution in [3.8, 4) is 0 Å². The molecular weight excluding hydrogens is 128 g/mol. The molecule has 54 valence electrons. The van der Waals surface area contributed by atoms with Gasteiger partial charge in [0.2, 0.25) is 0 Å². The quantitative estimate of drug-likeness (QED) is 0.571. The Morgan fingerprint density at radius 2 is 1.40 bits per heavy atom. The zero-order valence-corrected chi connectivity index (χ0v) is 5.62. The fourth-order valence-corrected chi connectivity index (χ4v) is 0.592. The summed E-state index contributed by atoms with van der Waals surface area (Å²) in [6, 6.07) is 0. The van der Waals surface area contributed by atoms with E-state index in [1.165, 1.54) is 0 Å². The second-order valence-corrected chi connectivity index (χ2v) is 1.91. The van der Waals surface area contributed by atoms with Crippen LogP contribution in [0.4, 0.5) is 0 Å². The molecule has 1 rings (SSSR count). The lowest BCUT2D eigenvalue weighted by molar-refractivity contribution is 0.904. The summed E-state index contributed by atoms with van der Waals surface area (Å²) in [6.45, 7) is 0.857. The zero-order chi connectivity index (χ0) is 7.40. The lowest BCUT2D eigenvalue weighted by Gasteiger charge is -1.95. The number of hydrogen-bond acceptors (Lipinski definition) is 4. The summed E-state index contributed by atoms with van der Waals surface area (Å²) < 4.78 is 0. The normalized spacial score (nSPS) is 9.80. The van der Waals surface area contributed by atoms with E-state index in [0.29, 0.717) is 13.1 Å². The monoisotopic (exact) mass is 138 g/mol. The Balaban J connectivity index is 2.80. The van der Waals surface area contributed by atoms with Crippen molar-refractivity contribution < 1.29 is 0 Å². The molecule has 0 aromatic carbocycles. The van der Waals surface area contributed by atoms with Crippen LogP contribution in [0, 0.1) is 0 Å². The van der Waals surface area contributed by atoms with Crippen molar-refractivity contribution in [3.63, 3.8) is 0 Å². The molecule has 0 unspecified atom stereocenters. The van der Waals surface area contributed by atoms with Gasteiger partial charge in [0.05, 0.1) is 23.8 Å². The van der Waals surface area contributed by atoms with Gasteiger partial charge < -0.3 is 11.5 Å². The molecule has 0 aliphatic rings. The summed E-state index contributed by atoms with van der Waals surface area (Å²) in [4.78, 5) is 8.00. The molecule has 0 saturated carbocycles. The van der Waals surface area contributed by atoms with Crippen molar-refractivity contribution in [1.82, 2.24) is 9.97 Å². The first kappa shape index (κ1) is 7.11. The Bertz CT molecular complexity index is 170. The van der Waals surface area contributed by atoms with Gasteiger partial charge in [-0.25, -0.2) is 0 Å². The van der Waals surface area contributed by atoms with E-state index >= 15 is 0 Å². The third-order valence-corrected chi connectivity index (χ3v) is 1.18. The maximum atomic E-state index is 5.31. The Labute approximate surface area is 59.3 Å². The van der Waals surface area contributed by atoms with Crippen molar-refractivity contribution in [2.24, 2.45) is 11.5 Å². The van der Waals surface area contributed by atoms with Gasteiger partial charge in [-0.1, -0.05) is 0 Å². The summed E-state index contributed by atoms with van der Waals surface area (Å²) in [5.74, 6) is 0. The topological polar surface area (TPSA) is 77.8 Å². The van der Waals surface area contributed by atoms with Crippen LogP contribution in [0.2, 0.25) is 0 Å². The molecule has 0 spiro atoms. The van der Waals surface area contributed by atoms with Crippen molar-refractivity contribution >= 4 is 0 Å². The summed E-state index contributed by atoms with van der Waals surface area (Å²) in [6.07, 6.45) is 3.28. The Hall–Kier alpha value is -1.00. The lowest BCUT2D eigenvalue weighted by atomic mass is 10.4. The van der Waals surface area contributed by atoms with E-state index in [4.69, 9.17) is 11.5 Å². The fraction of sp³-hybridized carbons (Fsp3) is 0.333. The molecule has 4 N–H and O–H groups in total. The first-order valence-corrected chi connectivity index (χ1v) is 3.06. The van der Waals surface area contributed by atoms with E-state index in [9.17, 15) is 0 Å². The van der Waals surface area contributed by atoms with Crippen LogP contribution in [0.25, 0.3) is 0 Å². The number of nitrogens with zero attached hydrogens (tertiary/aromatic N) is 2. The van der Waals surface area contributed by atoms with Crippen molar-refractivity contribution in [1.29, 1.82) is 0 Å². The molecule has 1 aromatic rings. The highest BCUT2D eigenvalue weighted by Gasteiger charge is 1.91. The molecule has 0 atom stereocenters. The highest BCUT2D eigenvalue weighted by atomic mass is 14.8. The number of nitrogens with two attached hydrogens (primary N) is 2. The highest BCUT2D eigenvalue weighted by Crippen LogP contribution is 1.91. The second-order valence-electron chi connectivity index (χ2n) is 1.91. The van der Waals surface area contributed by atoms with E-state index in [0.717, 1.165) is 11.4 Å². The van der Waals surface area contributed by atoms with Crippen molar-refractivity contribution in [3.05, 3.63) is 23.8 Å². The van der Waals surface area contributed by atoms with Gasteiger partial charge in [0.1, 0.15) is 0 Å². The Morgan fingerprint density at radius 3 is 1.60 bits per heavy atom. The molecule has 4 heteroatoms. The van der Waals surface area contributed by atoms with Crippen molar-refractivity contribution in [2.45, 2.75) is 13.1 Å². The minimum Gasteiger partial charge on any atom is -0.325 e. The van der Waals surface area contributed by atoms with Crippen LogP contribution in [0.3, 0.4) is 0 Å². The third-order valence-electron chi connectivity index (χ3n) is 1.18. The van der Waals surface area contributed by atoms with Gasteiger partial charge in [-0.15, -0.1) is 0 Å². The second kappa shape index (κ2) is 3.24. The van der Waals surface area contributed by atoms with Crippen molar-refractivity contribution in [2.75, 3.05) is 0 Å². The van der Waals surface area contributed by atoms with Gasteiger partial charge in [-0.3, -0.25) is 9.97 Å². The first-order chi connectivity index (χ1) is 4.86. The van der Waals surface area contributed by atoms with Crippen LogP contribution >= 0.6 is 0 Å². The summed E-state index contributed by atoms with van der Waals surface area (Å²) in [5.41, 5.74) is 12.2. The van der Waals surface area contributed by atoms with Gasteiger partial charge in [0.25, 0.3) is 0 Å². The first-order valence-electron chi connectivity index (χ1n) is 3.06. The molecule has 4 nitrogen and oxygen atoms in total. The molecule has 0 radical (unpaired) electrons. The fourth-order valence-electron chi connectivity index (χ4n) is 0.592. The largest absolute Gasteiger partial charge is 0.325 e. The van der Waals surface area contributed by atoms with Crippen LogP contribution in [0.1, 0.15) is 11.4 Å². The average molecular weight is 138 g/mol. The van der Waals surface area contributed by atoms with Crippen LogP contribution in [0.5, 0.6) is 0 Å². The molecule has 0 aliphatic heterocycles. The van der Waals surface area contributed by atoms with Gasteiger partial charge in [-0.05, 0) is 0 Å². The van der Waals surface area contributed by atoms with Crippen LogP contribution in [-0.2, 0) is 13.1 Å². The molecule has 0 amide bonds. The van der Waals surface area contributed by atoms with Crippen LogP contribution in [0.15, 0.2) is 12.4 Å². The summed E-state index contributed by atoms with van der Waals surface area (Å²) in [7, 11) is 0. The lowest BCUT2D eigenvalue weighted by Crippen LogP contribution is -2.04. The average Bonchev–Trinajstić information content (AvgIpc) is 2.05. The highest BCUT2D eigenvalue weighted by molar-refractivity contribution is 5.01. The van der Waals surface area contributed by atoms with E-state index in [-0.39, 0.29) is 0 Å². The van der Waals surface area contributed by atoms with E-state index in [1.807, 2.05) is 0 Å². The van der Waals surface area contributed by atoms with Crippen LogP contribution in [-0.4, -0.2) is 9.97 Å². The third kappa shape index (κ3) is 1.49. The molecule has 0 saturated heterocycles. The SMILES string of the molecule is NCc1cnc(CN)cn1. The van der Waals surface area contributed by atoms with Gasteiger partial charge in [-0.2, -0.15) is 0 Å². The minimum atomic E-state index is 0.428. The molecule has 0 aliphatic carbocycles. The standard InChI is InChI=1S/C6H10N4/c7-1-5-3-10-6(2-8)4-9-5/h3-4H,1-2,7-8H2. The molecule has 1 aromatic heterocycles. The molecule has 1 heterocycles. The number of hydrogen-bond donors (Lipinski definition) is 2. The predicted octanol–water partition coefficient (Wildman–Crippen LogP) is -0.606. The van der Waals surface area contributed by atoms with E-state index in [1.54, 1.807) is 12.4 Å². The molecular formula is C6H10N4. The van der Waals surface area contributed by atoms with E-state index in [2.05, 4.69) is 9.97 Å².